The van der Waals surface area contributed by atoms with Gasteiger partial charge in [0.25, 0.3) is 0 Å². The second-order valence-corrected chi connectivity index (χ2v) is 10.7. The maximum atomic E-state index is 2.44. The molecule has 0 saturated carbocycles. The Morgan fingerprint density at radius 2 is 2.00 bits per heavy atom. The second-order valence-electron chi connectivity index (χ2n) is 4.01. The molecule has 0 bridgehead atoms. The Bertz CT molecular complexity index is 182. The van der Waals surface area contributed by atoms with E-state index in [1.807, 2.05) is 0 Å². The van der Waals surface area contributed by atoms with Crippen molar-refractivity contribution in [2.75, 3.05) is 0 Å². The average Bonchev–Trinajstić information content (AvgIpc) is 1.85. The Morgan fingerprint density at radius 3 is 2.45 bits per heavy atom. The van der Waals surface area contributed by atoms with Gasteiger partial charge in [0.2, 0.25) is 0 Å². The molecular weight excluding hydrogens is 239 g/mol. The van der Waals surface area contributed by atoms with Crippen LogP contribution in [0.15, 0.2) is 21.8 Å². The Labute approximate surface area is 80.0 Å². The summed E-state index contributed by atoms with van der Waals surface area (Å²) >= 11 is -0.298. The molecule has 0 aromatic heterocycles. The molecule has 0 N–H and O–H groups in total. The Kier molecular flexibility index (Phi) is 3.23. The quantitative estimate of drug-likeness (QED) is 0.631. The van der Waals surface area contributed by atoms with Crippen molar-refractivity contribution in [3.8, 4) is 0 Å². The van der Waals surface area contributed by atoms with E-state index >= 15 is 0 Å². The molecule has 1 aliphatic rings. The third-order valence-electron chi connectivity index (χ3n) is 1.51. The first kappa shape index (κ1) is 9.37. The van der Waals surface area contributed by atoms with Crippen molar-refractivity contribution in [1.82, 2.24) is 0 Å². The normalized spacial score (nSPS) is 18.3. The molecule has 60 valence electrons. The number of hydrogen-bond acceptors (Lipinski definition) is 0. The molecule has 0 aromatic rings. The molecule has 1 rings (SSSR count). The average molecular weight is 255 g/mol. The van der Waals surface area contributed by atoms with Crippen LogP contribution in [0.2, 0.25) is 3.43 Å². The summed E-state index contributed by atoms with van der Waals surface area (Å²) in [6.07, 6.45) is 9.65. The van der Waals surface area contributed by atoms with Gasteiger partial charge in [-0.1, -0.05) is 0 Å². The maximum absolute atomic E-state index is 2.44. The summed E-state index contributed by atoms with van der Waals surface area (Å²) in [6.45, 7) is 7.09. The Balaban J connectivity index is 2.49. The predicted octanol–water partition coefficient (Wildman–Crippen LogP) is 3.14. The fourth-order valence-electron chi connectivity index (χ4n) is 1.14. The zero-order valence-corrected chi connectivity index (χ0v) is 10.5. The molecule has 0 atom stereocenters. The summed E-state index contributed by atoms with van der Waals surface area (Å²) < 4.78 is 2.30. The summed E-state index contributed by atoms with van der Waals surface area (Å²) in [5.74, 6) is 0. The summed E-state index contributed by atoms with van der Waals surface area (Å²) in [6, 6.07) is 0. The van der Waals surface area contributed by atoms with E-state index in [1.165, 1.54) is 12.8 Å². The van der Waals surface area contributed by atoms with Crippen LogP contribution in [0.25, 0.3) is 0 Å². The van der Waals surface area contributed by atoms with Gasteiger partial charge in [-0.15, -0.1) is 0 Å². The van der Waals surface area contributed by atoms with Gasteiger partial charge in [0, 0.05) is 0 Å². The topological polar surface area (TPSA) is 0 Å². The van der Waals surface area contributed by atoms with Crippen LogP contribution in [0.5, 0.6) is 0 Å². The second kappa shape index (κ2) is 3.79. The van der Waals surface area contributed by atoms with Crippen molar-refractivity contribution in [2.45, 2.75) is 37.0 Å². The molecule has 0 unspecified atom stereocenters. The summed E-state index contributed by atoms with van der Waals surface area (Å²) in [5, 5.41) is 0. The molecule has 0 aromatic carbocycles. The number of allylic oxidation sites excluding steroid dienone is 4. The third kappa shape index (κ3) is 4.00. The first-order valence-electron chi connectivity index (χ1n) is 4.23. The van der Waals surface area contributed by atoms with Crippen LogP contribution in [0.3, 0.4) is 0 Å². The van der Waals surface area contributed by atoms with Gasteiger partial charge < -0.3 is 0 Å². The van der Waals surface area contributed by atoms with Crippen LogP contribution in [0.4, 0.5) is 0 Å². The van der Waals surface area contributed by atoms with Gasteiger partial charge in [-0.05, 0) is 0 Å². The van der Waals surface area contributed by atoms with Gasteiger partial charge in [-0.3, -0.25) is 0 Å². The molecule has 11 heavy (non-hydrogen) atoms. The minimum atomic E-state index is -0.298. The first-order valence-corrected chi connectivity index (χ1v) is 7.08. The number of rotatable bonds is 1. The summed E-state index contributed by atoms with van der Waals surface area (Å²) in [5.41, 5.74) is 0. The number of hydrogen-bond donors (Lipinski definition) is 0. The van der Waals surface area contributed by atoms with Gasteiger partial charge in [-0.25, -0.2) is 0 Å². The molecular formula is C10H16Sn. The van der Waals surface area contributed by atoms with Crippen LogP contribution in [0.1, 0.15) is 33.6 Å². The van der Waals surface area contributed by atoms with Crippen LogP contribution in [0, 0.1) is 0 Å². The third-order valence-corrected chi connectivity index (χ3v) is 5.54. The van der Waals surface area contributed by atoms with E-state index in [2.05, 4.69) is 39.0 Å². The SMILES string of the molecule is C[C](C)(C)[Sn][C]1=CCCC=C1. The minimum absolute atomic E-state index is 0.298. The Hall–Kier alpha value is 0.279. The molecule has 2 radical (unpaired) electrons. The van der Waals surface area contributed by atoms with Gasteiger partial charge in [0.15, 0.2) is 0 Å². The van der Waals surface area contributed by atoms with Crippen molar-refractivity contribution in [1.29, 1.82) is 0 Å². The van der Waals surface area contributed by atoms with Crippen molar-refractivity contribution in [3.05, 3.63) is 21.8 Å². The predicted molar refractivity (Wildman–Crippen MR) is 51.9 cm³/mol. The van der Waals surface area contributed by atoms with E-state index in [9.17, 15) is 0 Å². The molecule has 1 heteroatoms. The first-order chi connectivity index (χ1) is 5.08. The van der Waals surface area contributed by atoms with E-state index in [-0.39, 0.29) is 21.1 Å². The van der Waals surface area contributed by atoms with Gasteiger partial charge >= 0.3 is 80.0 Å². The van der Waals surface area contributed by atoms with Crippen molar-refractivity contribution >= 4 is 21.1 Å². The van der Waals surface area contributed by atoms with Gasteiger partial charge in [0.05, 0.1) is 0 Å². The van der Waals surface area contributed by atoms with Gasteiger partial charge in [-0.2, -0.15) is 0 Å². The zero-order valence-electron chi connectivity index (χ0n) is 7.65. The summed E-state index contributed by atoms with van der Waals surface area (Å²) in [4.78, 5) is 0. The molecule has 1 aliphatic carbocycles. The van der Waals surface area contributed by atoms with Crippen LogP contribution < -0.4 is 0 Å². The monoisotopic (exact) mass is 256 g/mol. The van der Waals surface area contributed by atoms with E-state index in [0.717, 1.165) is 0 Å². The molecule has 0 saturated heterocycles. The molecule has 0 spiro atoms. The molecule has 0 nitrogen and oxygen atoms in total. The van der Waals surface area contributed by atoms with E-state index < -0.39 is 0 Å². The van der Waals surface area contributed by atoms with Crippen LogP contribution in [-0.4, -0.2) is 21.1 Å². The van der Waals surface area contributed by atoms with Crippen molar-refractivity contribution < 1.29 is 0 Å². The molecule has 0 fully saturated rings. The molecule has 0 amide bonds. The summed E-state index contributed by atoms with van der Waals surface area (Å²) in [7, 11) is 0. The fraction of sp³-hybridized carbons (Fsp3) is 0.600. The zero-order chi connectivity index (χ0) is 8.32. The molecule has 0 aliphatic heterocycles. The molecule has 0 heterocycles. The van der Waals surface area contributed by atoms with Crippen LogP contribution >= 0.6 is 0 Å². The van der Waals surface area contributed by atoms with E-state index in [0.29, 0.717) is 3.43 Å². The fourth-order valence-corrected chi connectivity index (χ4v) is 4.89. The van der Waals surface area contributed by atoms with Crippen molar-refractivity contribution in [2.24, 2.45) is 0 Å². The van der Waals surface area contributed by atoms with Crippen molar-refractivity contribution in [3.63, 3.8) is 0 Å². The van der Waals surface area contributed by atoms with E-state index in [1.54, 1.807) is 3.59 Å². The van der Waals surface area contributed by atoms with Crippen LogP contribution in [-0.2, 0) is 0 Å². The standard InChI is InChI=1S/C6H7.C4H9.Sn/c1-2-4-6-5-3-1;1-4(2)3;/h1-2,6H,3,5H2;1-3H3;. The van der Waals surface area contributed by atoms with E-state index in [4.69, 9.17) is 0 Å². The van der Waals surface area contributed by atoms with Gasteiger partial charge in [0.1, 0.15) is 0 Å². The Morgan fingerprint density at radius 1 is 1.27 bits per heavy atom.